The number of fused-ring (bicyclic) bond motifs is 1. The van der Waals surface area contributed by atoms with Gasteiger partial charge in [-0.15, -0.1) is 5.10 Å². The predicted molar refractivity (Wildman–Crippen MR) is 103 cm³/mol. The largest absolute Gasteiger partial charge is 0.420 e. The molecule has 8 nitrogen and oxygen atoms in total. The van der Waals surface area contributed by atoms with Crippen molar-refractivity contribution in [2.24, 2.45) is 0 Å². The summed E-state index contributed by atoms with van der Waals surface area (Å²) in [4.78, 5) is 28.7. The van der Waals surface area contributed by atoms with Crippen molar-refractivity contribution >= 4 is 22.8 Å². The zero-order valence-corrected chi connectivity index (χ0v) is 15.5. The Kier molecular flexibility index (Phi) is 4.11. The SMILES string of the molecule is O=C(Cn1c(=O)oc2ccccc21)N1CCN(c2ccc(C3CC3)nn2)CC1. The Balaban J connectivity index is 1.23. The van der Waals surface area contributed by atoms with Crippen LogP contribution in [-0.2, 0) is 11.3 Å². The summed E-state index contributed by atoms with van der Waals surface area (Å²) < 4.78 is 6.60. The Morgan fingerprint density at radius 2 is 1.82 bits per heavy atom. The van der Waals surface area contributed by atoms with E-state index in [2.05, 4.69) is 21.2 Å². The lowest BCUT2D eigenvalue weighted by molar-refractivity contribution is -0.132. The van der Waals surface area contributed by atoms with Crippen molar-refractivity contribution in [2.75, 3.05) is 31.1 Å². The molecule has 5 rings (SSSR count). The van der Waals surface area contributed by atoms with Gasteiger partial charge in [-0.25, -0.2) is 4.79 Å². The molecule has 1 aromatic carbocycles. The smallest absolute Gasteiger partial charge is 0.408 e. The lowest BCUT2D eigenvalue weighted by atomic mass is 10.2. The highest BCUT2D eigenvalue weighted by Gasteiger charge is 2.27. The molecule has 1 aliphatic heterocycles. The minimum atomic E-state index is -0.501. The van der Waals surface area contributed by atoms with E-state index in [9.17, 15) is 9.59 Å². The first-order chi connectivity index (χ1) is 13.7. The van der Waals surface area contributed by atoms with Crippen molar-refractivity contribution in [2.45, 2.75) is 25.3 Å². The number of aromatic nitrogens is 3. The van der Waals surface area contributed by atoms with Gasteiger partial charge in [0.2, 0.25) is 5.91 Å². The molecule has 8 heteroatoms. The minimum Gasteiger partial charge on any atom is -0.408 e. The normalized spacial score (nSPS) is 17.3. The second kappa shape index (κ2) is 6.78. The quantitative estimate of drug-likeness (QED) is 0.685. The average molecular weight is 379 g/mol. The van der Waals surface area contributed by atoms with Gasteiger partial charge < -0.3 is 14.2 Å². The lowest BCUT2D eigenvalue weighted by Gasteiger charge is -2.35. The Morgan fingerprint density at radius 3 is 2.54 bits per heavy atom. The summed E-state index contributed by atoms with van der Waals surface area (Å²) in [5.74, 6) is 0.870. The minimum absolute atomic E-state index is 0.00820. The molecule has 3 heterocycles. The Labute approximate surface area is 161 Å². The van der Waals surface area contributed by atoms with Gasteiger partial charge in [-0.3, -0.25) is 9.36 Å². The zero-order valence-electron chi connectivity index (χ0n) is 15.5. The van der Waals surface area contributed by atoms with Crippen LogP contribution in [0.3, 0.4) is 0 Å². The molecule has 0 atom stereocenters. The highest BCUT2D eigenvalue weighted by Crippen LogP contribution is 2.38. The van der Waals surface area contributed by atoms with Crippen LogP contribution in [0, 0.1) is 0 Å². The summed E-state index contributed by atoms with van der Waals surface area (Å²) in [6.45, 7) is 2.57. The van der Waals surface area contributed by atoms with E-state index >= 15 is 0 Å². The number of carbonyl (C=O) groups excluding carboxylic acids is 1. The van der Waals surface area contributed by atoms with Crippen LogP contribution in [0.4, 0.5) is 5.82 Å². The van der Waals surface area contributed by atoms with E-state index in [1.165, 1.54) is 17.4 Å². The molecule has 0 radical (unpaired) electrons. The monoisotopic (exact) mass is 379 g/mol. The van der Waals surface area contributed by atoms with E-state index in [0.29, 0.717) is 43.2 Å². The zero-order chi connectivity index (χ0) is 19.1. The first-order valence-electron chi connectivity index (χ1n) is 9.64. The number of nitrogens with zero attached hydrogens (tertiary/aromatic N) is 5. The van der Waals surface area contributed by atoms with Crippen LogP contribution in [0.2, 0.25) is 0 Å². The average Bonchev–Trinajstić information content (AvgIpc) is 3.53. The van der Waals surface area contributed by atoms with Crippen molar-refractivity contribution < 1.29 is 9.21 Å². The van der Waals surface area contributed by atoms with Gasteiger partial charge in [-0.2, -0.15) is 5.10 Å². The molecular formula is C20H21N5O3. The molecule has 1 saturated carbocycles. The molecule has 0 bridgehead atoms. The predicted octanol–water partition coefficient (Wildman–Crippen LogP) is 1.61. The van der Waals surface area contributed by atoms with Gasteiger partial charge in [-0.05, 0) is 37.1 Å². The molecule has 0 N–H and O–H groups in total. The van der Waals surface area contributed by atoms with E-state index in [0.717, 1.165) is 11.5 Å². The fourth-order valence-electron chi connectivity index (χ4n) is 3.68. The highest BCUT2D eigenvalue weighted by molar-refractivity contribution is 5.79. The van der Waals surface area contributed by atoms with Gasteiger partial charge in [0.15, 0.2) is 11.4 Å². The maximum absolute atomic E-state index is 12.7. The molecular weight excluding hydrogens is 358 g/mol. The third-order valence-electron chi connectivity index (χ3n) is 5.49. The van der Waals surface area contributed by atoms with Crippen LogP contribution in [-0.4, -0.2) is 51.8 Å². The second-order valence-electron chi connectivity index (χ2n) is 7.38. The molecule has 144 valence electrons. The molecule has 1 saturated heterocycles. The van der Waals surface area contributed by atoms with Crippen molar-refractivity contribution in [1.29, 1.82) is 0 Å². The number of hydrogen-bond donors (Lipinski definition) is 0. The first-order valence-corrected chi connectivity index (χ1v) is 9.64. The maximum atomic E-state index is 12.7. The van der Waals surface area contributed by atoms with E-state index in [1.54, 1.807) is 23.1 Å². The number of anilines is 1. The standard InChI is InChI=1S/C20H21N5O3/c26-19(13-25-16-3-1-2-4-17(16)28-20(25)27)24-11-9-23(10-12-24)18-8-7-15(21-22-18)14-5-6-14/h1-4,7-8,14H,5-6,9-13H2. The van der Waals surface area contributed by atoms with Gasteiger partial charge in [0.05, 0.1) is 11.2 Å². The van der Waals surface area contributed by atoms with E-state index in [1.807, 2.05) is 12.1 Å². The number of oxazole rings is 1. The van der Waals surface area contributed by atoms with Gasteiger partial charge >= 0.3 is 5.76 Å². The summed E-state index contributed by atoms with van der Waals surface area (Å²) in [6.07, 6.45) is 2.42. The van der Waals surface area contributed by atoms with Crippen LogP contribution >= 0.6 is 0 Å². The molecule has 1 aliphatic carbocycles. The topological polar surface area (TPSA) is 84.5 Å². The molecule has 0 unspecified atom stereocenters. The second-order valence-corrected chi connectivity index (χ2v) is 7.38. The van der Waals surface area contributed by atoms with Crippen molar-refractivity contribution in [1.82, 2.24) is 19.7 Å². The van der Waals surface area contributed by atoms with Crippen molar-refractivity contribution in [3.05, 3.63) is 52.6 Å². The van der Waals surface area contributed by atoms with E-state index in [-0.39, 0.29) is 12.5 Å². The Bertz CT molecular complexity index is 1060. The van der Waals surface area contributed by atoms with Crippen LogP contribution in [0.5, 0.6) is 0 Å². The number of amides is 1. The van der Waals surface area contributed by atoms with Crippen molar-refractivity contribution in [3.63, 3.8) is 0 Å². The fraction of sp³-hybridized carbons (Fsp3) is 0.400. The molecule has 28 heavy (non-hydrogen) atoms. The molecule has 2 aromatic heterocycles. The Morgan fingerprint density at radius 1 is 1.04 bits per heavy atom. The van der Waals surface area contributed by atoms with Crippen LogP contribution in [0.25, 0.3) is 11.1 Å². The molecule has 1 amide bonds. The van der Waals surface area contributed by atoms with E-state index < -0.39 is 5.76 Å². The molecule has 2 fully saturated rings. The number of carbonyl (C=O) groups is 1. The summed E-state index contributed by atoms with van der Waals surface area (Å²) in [7, 11) is 0. The molecule has 0 spiro atoms. The number of piperazine rings is 1. The van der Waals surface area contributed by atoms with Crippen LogP contribution in [0.1, 0.15) is 24.5 Å². The van der Waals surface area contributed by atoms with Crippen molar-refractivity contribution in [3.8, 4) is 0 Å². The highest BCUT2D eigenvalue weighted by atomic mass is 16.4. The number of para-hydroxylation sites is 2. The van der Waals surface area contributed by atoms with Gasteiger partial charge in [0.1, 0.15) is 6.54 Å². The van der Waals surface area contributed by atoms with Crippen LogP contribution in [0.15, 0.2) is 45.6 Å². The molecule has 2 aliphatic rings. The fourth-order valence-corrected chi connectivity index (χ4v) is 3.68. The first kappa shape index (κ1) is 17.0. The maximum Gasteiger partial charge on any atom is 0.420 e. The summed E-state index contributed by atoms with van der Waals surface area (Å²) in [5.41, 5.74) is 2.22. The molecule has 3 aromatic rings. The third kappa shape index (κ3) is 3.15. The lowest BCUT2D eigenvalue weighted by Crippen LogP contribution is -2.50. The number of benzene rings is 1. The van der Waals surface area contributed by atoms with Gasteiger partial charge in [0.25, 0.3) is 0 Å². The summed E-state index contributed by atoms with van der Waals surface area (Å²) in [6, 6.07) is 11.2. The third-order valence-corrected chi connectivity index (χ3v) is 5.49. The summed E-state index contributed by atoms with van der Waals surface area (Å²) in [5, 5.41) is 8.69. The number of hydrogen-bond acceptors (Lipinski definition) is 6. The van der Waals surface area contributed by atoms with Gasteiger partial charge in [0, 0.05) is 32.1 Å². The summed E-state index contributed by atoms with van der Waals surface area (Å²) >= 11 is 0. The van der Waals surface area contributed by atoms with Gasteiger partial charge in [-0.1, -0.05) is 12.1 Å². The van der Waals surface area contributed by atoms with Crippen LogP contribution < -0.4 is 10.7 Å². The number of rotatable bonds is 4. The Hall–Kier alpha value is -3.16. The van der Waals surface area contributed by atoms with E-state index in [4.69, 9.17) is 4.42 Å².